The van der Waals surface area contributed by atoms with E-state index in [1.54, 1.807) is 0 Å². The molecule has 3 N–H and O–H groups in total. The minimum absolute atomic E-state index is 0.182. The Bertz CT molecular complexity index is 395. The summed E-state index contributed by atoms with van der Waals surface area (Å²) in [7, 11) is 0. The average Bonchev–Trinajstić information content (AvgIpc) is 2.38. The molecule has 3 heteroatoms. The van der Waals surface area contributed by atoms with Gasteiger partial charge in [-0.1, -0.05) is 18.2 Å². The van der Waals surface area contributed by atoms with Crippen molar-refractivity contribution < 1.29 is 5.11 Å². The van der Waals surface area contributed by atoms with Gasteiger partial charge in [-0.05, 0) is 43.7 Å². The molecule has 0 amide bonds. The number of benzene rings is 1. The molecule has 1 aromatic rings. The Hall–Kier alpha value is -1.06. The summed E-state index contributed by atoms with van der Waals surface area (Å²) in [6.07, 6.45) is 1.95. The van der Waals surface area contributed by atoms with Crippen LogP contribution in [0.5, 0.6) is 0 Å². The molecule has 1 unspecified atom stereocenters. The maximum atomic E-state index is 9.65. The SMILES string of the molecule is Cc1cccc(CN)c1N1CCC(C(C)O)CC1. The highest BCUT2D eigenvalue weighted by Crippen LogP contribution is 2.30. The lowest BCUT2D eigenvalue weighted by Crippen LogP contribution is -2.38. The van der Waals surface area contributed by atoms with Gasteiger partial charge < -0.3 is 15.7 Å². The summed E-state index contributed by atoms with van der Waals surface area (Å²) in [4.78, 5) is 2.43. The standard InChI is InChI=1S/C15H24N2O/c1-11-4-3-5-14(10-16)15(11)17-8-6-13(7-9-17)12(2)18/h3-5,12-13,18H,6-10,16H2,1-2H3. The minimum atomic E-state index is -0.182. The number of rotatable bonds is 3. The Kier molecular flexibility index (Phi) is 4.25. The highest BCUT2D eigenvalue weighted by molar-refractivity contribution is 5.59. The molecule has 1 aliphatic rings. The number of nitrogens with zero attached hydrogens (tertiary/aromatic N) is 1. The third-order valence-electron chi connectivity index (χ3n) is 4.08. The zero-order chi connectivity index (χ0) is 13.1. The van der Waals surface area contributed by atoms with Crippen LogP contribution in [0.15, 0.2) is 18.2 Å². The molecule has 1 aromatic carbocycles. The molecule has 1 atom stereocenters. The predicted molar refractivity (Wildman–Crippen MR) is 75.7 cm³/mol. The van der Waals surface area contributed by atoms with Crippen LogP contribution < -0.4 is 10.6 Å². The first-order valence-electron chi connectivity index (χ1n) is 6.85. The van der Waals surface area contributed by atoms with Gasteiger partial charge in [0.15, 0.2) is 0 Å². The van der Waals surface area contributed by atoms with Crippen LogP contribution in [0.2, 0.25) is 0 Å². The summed E-state index contributed by atoms with van der Waals surface area (Å²) in [6, 6.07) is 6.34. The molecule has 1 aliphatic heterocycles. The van der Waals surface area contributed by atoms with Crippen molar-refractivity contribution in [3.05, 3.63) is 29.3 Å². The van der Waals surface area contributed by atoms with E-state index in [1.165, 1.54) is 16.8 Å². The molecule has 0 aliphatic carbocycles. The molecule has 0 aromatic heterocycles. The molecule has 0 spiro atoms. The Labute approximate surface area is 110 Å². The highest BCUT2D eigenvalue weighted by Gasteiger charge is 2.24. The number of piperidine rings is 1. The first kappa shape index (κ1) is 13.4. The van der Waals surface area contributed by atoms with E-state index in [9.17, 15) is 5.11 Å². The molecule has 2 rings (SSSR count). The van der Waals surface area contributed by atoms with E-state index in [0.717, 1.165) is 25.9 Å². The van der Waals surface area contributed by atoms with Crippen LogP contribution >= 0.6 is 0 Å². The van der Waals surface area contributed by atoms with Gasteiger partial charge in [0, 0.05) is 25.3 Å². The van der Waals surface area contributed by atoms with Gasteiger partial charge in [0.25, 0.3) is 0 Å². The van der Waals surface area contributed by atoms with Crippen molar-refractivity contribution in [3.63, 3.8) is 0 Å². The van der Waals surface area contributed by atoms with E-state index >= 15 is 0 Å². The van der Waals surface area contributed by atoms with Crippen molar-refractivity contribution in [2.45, 2.75) is 39.3 Å². The minimum Gasteiger partial charge on any atom is -0.393 e. The van der Waals surface area contributed by atoms with Gasteiger partial charge in [0.2, 0.25) is 0 Å². The second-order valence-corrected chi connectivity index (χ2v) is 5.35. The van der Waals surface area contributed by atoms with Crippen molar-refractivity contribution in [2.24, 2.45) is 11.7 Å². The number of hydrogen-bond donors (Lipinski definition) is 2. The zero-order valence-electron chi connectivity index (χ0n) is 11.4. The topological polar surface area (TPSA) is 49.5 Å². The van der Waals surface area contributed by atoms with Gasteiger partial charge in [-0.25, -0.2) is 0 Å². The molecule has 3 nitrogen and oxygen atoms in total. The van der Waals surface area contributed by atoms with Crippen LogP contribution in [0, 0.1) is 12.8 Å². The average molecular weight is 248 g/mol. The highest BCUT2D eigenvalue weighted by atomic mass is 16.3. The maximum absolute atomic E-state index is 9.65. The first-order valence-corrected chi connectivity index (χ1v) is 6.85. The van der Waals surface area contributed by atoms with Crippen LogP contribution in [0.3, 0.4) is 0 Å². The fourth-order valence-electron chi connectivity index (χ4n) is 2.94. The molecular weight excluding hydrogens is 224 g/mol. The third kappa shape index (κ3) is 2.68. The Morgan fingerprint density at radius 1 is 1.39 bits per heavy atom. The smallest absolute Gasteiger partial charge is 0.0541 e. The van der Waals surface area contributed by atoms with Crippen molar-refractivity contribution in [2.75, 3.05) is 18.0 Å². The molecule has 18 heavy (non-hydrogen) atoms. The second kappa shape index (κ2) is 5.72. The van der Waals surface area contributed by atoms with E-state index in [1.807, 2.05) is 6.92 Å². The number of para-hydroxylation sites is 1. The van der Waals surface area contributed by atoms with Crippen LogP contribution in [-0.4, -0.2) is 24.3 Å². The number of nitrogens with two attached hydrogens (primary N) is 1. The van der Waals surface area contributed by atoms with Crippen LogP contribution in [0.25, 0.3) is 0 Å². The molecule has 1 heterocycles. The maximum Gasteiger partial charge on any atom is 0.0541 e. The fraction of sp³-hybridized carbons (Fsp3) is 0.600. The van der Waals surface area contributed by atoms with Gasteiger partial charge in [0.05, 0.1) is 6.10 Å². The Morgan fingerprint density at radius 3 is 2.61 bits per heavy atom. The molecular formula is C15H24N2O. The summed E-state index contributed by atoms with van der Waals surface area (Å²) >= 11 is 0. The van der Waals surface area contributed by atoms with Crippen LogP contribution in [-0.2, 0) is 6.54 Å². The largest absolute Gasteiger partial charge is 0.393 e. The quantitative estimate of drug-likeness (QED) is 0.860. The summed E-state index contributed by atoms with van der Waals surface area (Å²) < 4.78 is 0. The monoisotopic (exact) mass is 248 g/mol. The number of anilines is 1. The van der Waals surface area contributed by atoms with E-state index in [0.29, 0.717) is 12.5 Å². The summed E-state index contributed by atoms with van der Waals surface area (Å²) in [5.74, 6) is 0.451. The lowest BCUT2D eigenvalue weighted by atomic mass is 9.91. The molecule has 0 saturated carbocycles. The second-order valence-electron chi connectivity index (χ2n) is 5.35. The van der Waals surface area contributed by atoms with Gasteiger partial charge >= 0.3 is 0 Å². The molecule has 100 valence electrons. The van der Waals surface area contributed by atoms with Crippen LogP contribution in [0.1, 0.15) is 30.9 Å². The number of aliphatic hydroxyl groups excluding tert-OH is 1. The summed E-state index contributed by atoms with van der Waals surface area (Å²) in [5.41, 5.74) is 9.67. The molecule has 1 saturated heterocycles. The first-order chi connectivity index (χ1) is 8.63. The van der Waals surface area contributed by atoms with Crippen molar-refractivity contribution in [1.82, 2.24) is 0 Å². The van der Waals surface area contributed by atoms with E-state index in [4.69, 9.17) is 5.73 Å². The zero-order valence-corrected chi connectivity index (χ0v) is 11.4. The molecule has 1 fully saturated rings. The van der Waals surface area contributed by atoms with Gasteiger partial charge in [-0.3, -0.25) is 0 Å². The number of aryl methyl sites for hydroxylation is 1. The Balaban J connectivity index is 2.14. The lowest BCUT2D eigenvalue weighted by Gasteiger charge is -2.36. The summed E-state index contributed by atoms with van der Waals surface area (Å²) in [5, 5.41) is 9.65. The van der Waals surface area contributed by atoms with E-state index in [-0.39, 0.29) is 6.10 Å². The predicted octanol–water partition coefficient (Wildman–Crippen LogP) is 2.05. The van der Waals surface area contributed by atoms with Crippen molar-refractivity contribution >= 4 is 5.69 Å². The van der Waals surface area contributed by atoms with Gasteiger partial charge in [-0.2, -0.15) is 0 Å². The van der Waals surface area contributed by atoms with E-state index in [2.05, 4.69) is 30.0 Å². The van der Waals surface area contributed by atoms with Gasteiger partial charge in [0.1, 0.15) is 0 Å². The fourth-order valence-corrected chi connectivity index (χ4v) is 2.94. The molecule has 0 radical (unpaired) electrons. The molecule has 0 bridgehead atoms. The van der Waals surface area contributed by atoms with Crippen molar-refractivity contribution in [1.29, 1.82) is 0 Å². The normalized spacial score (nSPS) is 19.0. The summed E-state index contributed by atoms with van der Waals surface area (Å²) in [6.45, 7) is 6.68. The Morgan fingerprint density at radius 2 is 2.06 bits per heavy atom. The van der Waals surface area contributed by atoms with Crippen LogP contribution in [0.4, 0.5) is 5.69 Å². The van der Waals surface area contributed by atoms with E-state index < -0.39 is 0 Å². The number of aliphatic hydroxyl groups is 1. The van der Waals surface area contributed by atoms with Crippen molar-refractivity contribution in [3.8, 4) is 0 Å². The third-order valence-corrected chi connectivity index (χ3v) is 4.08. The van der Waals surface area contributed by atoms with Gasteiger partial charge in [-0.15, -0.1) is 0 Å². The lowest BCUT2D eigenvalue weighted by molar-refractivity contribution is 0.110. The number of hydrogen-bond acceptors (Lipinski definition) is 3.